The maximum atomic E-state index is 12.0. The lowest BCUT2D eigenvalue weighted by Gasteiger charge is -2.07. The Balaban J connectivity index is 2.05. The highest BCUT2D eigenvalue weighted by molar-refractivity contribution is 6.33. The number of hydrogen-bond donors (Lipinski definition) is 2. The van der Waals surface area contributed by atoms with Crippen molar-refractivity contribution >= 4 is 29.1 Å². The molecule has 0 aliphatic heterocycles. The molecule has 2 rings (SSSR count). The van der Waals surface area contributed by atoms with Crippen LogP contribution in [0.15, 0.2) is 42.6 Å². The van der Waals surface area contributed by atoms with E-state index in [1.54, 1.807) is 43.4 Å². The highest BCUT2D eigenvalue weighted by atomic mass is 35.5. The Morgan fingerprint density at radius 1 is 1.19 bits per heavy atom. The van der Waals surface area contributed by atoms with Crippen LogP contribution in [-0.4, -0.2) is 23.8 Å². The summed E-state index contributed by atoms with van der Waals surface area (Å²) in [5.41, 5.74) is 1.81. The maximum Gasteiger partial charge on any atom is 0.258 e. The molecule has 0 saturated heterocycles. The van der Waals surface area contributed by atoms with Gasteiger partial charge in [-0.1, -0.05) is 23.7 Å². The van der Waals surface area contributed by atoms with E-state index in [0.717, 1.165) is 5.56 Å². The lowest BCUT2D eigenvalue weighted by atomic mass is 10.1. The van der Waals surface area contributed by atoms with Crippen molar-refractivity contribution in [3.63, 3.8) is 0 Å². The van der Waals surface area contributed by atoms with Gasteiger partial charge < -0.3 is 10.6 Å². The van der Waals surface area contributed by atoms with Gasteiger partial charge in [0.1, 0.15) is 5.15 Å². The molecule has 5 nitrogen and oxygen atoms in total. The SMILES string of the molecule is CNC(=O)Cc1ccc(NC(=O)c2cccnc2Cl)cc1. The fourth-order valence-corrected chi connectivity index (χ4v) is 1.94. The van der Waals surface area contributed by atoms with Gasteiger partial charge in [-0.25, -0.2) is 4.98 Å². The van der Waals surface area contributed by atoms with Gasteiger partial charge in [0.15, 0.2) is 0 Å². The van der Waals surface area contributed by atoms with Crippen LogP contribution in [0.1, 0.15) is 15.9 Å². The first kappa shape index (κ1) is 15.0. The van der Waals surface area contributed by atoms with E-state index in [0.29, 0.717) is 17.7 Å². The standard InChI is InChI=1S/C15H14ClN3O2/c1-17-13(20)9-10-4-6-11(7-5-10)19-15(21)12-3-2-8-18-14(12)16/h2-8H,9H2,1H3,(H,17,20)(H,19,21). The predicted octanol–water partition coefficient (Wildman–Crippen LogP) is 2.28. The molecule has 0 saturated carbocycles. The molecule has 108 valence electrons. The number of benzene rings is 1. The summed E-state index contributed by atoms with van der Waals surface area (Å²) in [4.78, 5) is 27.2. The largest absolute Gasteiger partial charge is 0.359 e. The van der Waals surface area contributed by atoms with Crippen LogP contribution in [0.25, 0.3) is 0 Å². The molecule has 6 heteroatoms. The summed E-state index contributed by atoms with van der Waals surface area (Å²) in [7, 11) is 1.59. The smallest absolute Gasteiger partial charge is 0.258 e. The van der Waals surface area contributed by atoms with E-state index in [-0.39, 0.29) is 17.0 Å². The molecule has 0 spiro atoms. The number of aromatic nitrogens is 1. The molecule has 2 N–H and O–H groups in total. The van der Waals surface area contributed by atoms with Gasteiger partial charge in [0.2, 0.25) is 5.91 Å². The van der Waals surface area contributed by atoms with Gasteiger partial charge in [0, 0.05) is 18.9 Å². The quantitative estimate of drug-likeness (QED) is 0.851. The van der Waals surface area contributed by atoms with Crippen molar-refractivity contribution in [2.45, 2.75) is 6.42 Å². The van der Waals surface area contributed by atoms with E-state index in [1.165, 1.54) is 6.20 Å². The molecule has 21 heavy (non-hydrogen) atoms. The summed E-state index contributed by atoms with van der Waals surface area (Å²) in [6.45, 7) is 0. The number of nitrogens with one attached hydrogen (secondary N) is 2. The van der Waals surface area contributed by atoms with Gasteiger partial charge in [-0.05, 0) is 29.8 Å². The molecule has 0 aliphatic rings. The zero-order chi connectivity index (χ0) is 15.2. The van der Waals surface area contributed by atoms with Crippen molar-refractivity contribution in [2.24, 2.45) is 0 Å². The fraction of sp³-hybridized carbons (Fsp3) is 0.133. The second-order valence-corrected chi connectivity index (χ2v) is 4.70. The third-order valence-corrected chi connectivity index (χ3v) is 3.16. The number of amides is 2. The minimum atomic E-state index is -0.327. The molecule has 2 aromatic rings. The Morgan fingerprint density at radius 3 is 2.52 bits per heavy atom. The number of anilines is 1. The lowest BCUT2D eigenvalue weighted by molar-refractivity contribution is -0.119. The van der Waals surface area contributed by atoms with Crippen molar-refractivity contribution in [3.05, 3.63) is 58.9 Å². The van der Waals surface area contributed by atoms with Crippen molar-refractivity contribution in [1.82, 2.24) is 10.3 Å². The zero-order valence-corrected chi connectivity index (χ0v) is 12.1. The Labute approximate surface area is 127 Å². The Kier molecular flexibility index (Phi) is 4.90. The topological polar surface area (TPSA) is 71.1 Å². The Morgan fingerprint density at radius 2 is 1.90 bits per heavy atom. The van der Waals surface area contributed by atoms with Crippen LogP contribution < -0.4 is 10.6 Å². The Hall–Kier alpha value is -2.40. The molecular formula is C15H14ClN3O2. The molecule has 0 aliphatic carbocycles. The van der Waals surface area contributed by atoms with Crippen LogP contribution >= 0.6 is 11.6 Å². The third kappa shape index (κ3) is 4.03. The van der Waals surface area contributed by atoms with Crippen LogP contribution in [0.4, 0.5) is 5.69 Å². The highest BCUT2D eigenvalue weighted by Gasteiger charge is 2.10. The van der Waals surface area contributed by atoms with Crippen LogP contribution in [-0.2, 0) is 11.2 Å². The molecule has 1 heterocycles. The first-order chi connectivity index (χ1) is 10.1. The number of nitrogens with zero attached hydrogens (tertiary/aromatic N) is 1. The zero-order valence-electron chi connectivity index (χ0n) is 11.4. The number of rotatable bonds is 4. The van der Waals surface area contributed by atoms with Crippen LogP contribution in [0, 0.1) is 0 Å². The summed E-state index contributed by atoms with van der Waals surface area (Å²) in [6.07, 6.45) is 1.83. The average Bonchev–Trinajstić information content (AvgIpc) is 2.49. The minimum Gasteiger partial charge on any atom is -0.359 e. The number of halogens is 1. The van der Waals surface area contributed by atoms with Crippen molar-refractivity contribution in [3.8, 4) is 0 Å². The van der Waals surface area contributed by atoms with Gasteiger partial charge in [-0.2, -0.15) is 0 Å². The summed E-state index contributed by atoms with van der Waals surface area (Å²) in [5.74, 6) is -0.388. The van der Waals surface area contributed by atoms with E-state index in [9.17, 15) is 9.59 Å². The van der Waals surface area contributed by atoms with Gasteiger partial charge in [0.25, 0.3) is 5.91 Å². The van der Waals surface area contributed by atoms with Crippen LogP contribution in [0.3, 0.4) is 0 Å². The monoisotopic (exact) mass is 303 g/mol. The summed E-state index contributed by atoms with van der Waals surface area (Å²) in [5, 5.41) is 5.45. The molecule has 1 aromatic heterocycles. The number of carbonyl (C=O) groups is 2. The molecule has 0 unspecified atom stereocenters. The summed E-state index contributed by atoms with van der Waals surface area (Å²) >= 11 is 5.87. The molecular weight excluding hydrogens is 290 g/mol. The number of pyridine rings is 1. The highest BCUT2D eigenvalue weighted by Crippen LogP contribution is 2.15. The van der Waals surface area contributed by atoms with Gasteiger partial charge in [-0.3, -0.25) is 9.59 Å². The molecule has 0 radical (unpaired) electrons. The molecule has 0 atom stereocenters. The molecule has 2 amide bonds. The van der Waals surface area contributed by atoms with E-state index < -0.39 is 0 Å². The number of likely N-dealkylation sites (N-methyl/N-ethyl adjacent to an activating group) is 1. The normalized spacial score (nSPS) is 10.0. The Bertz CT molecular complexity index is 656. The second-order valence-electron chi connectivity index (χ2n) is 4.34. The number of carbonyl (C=O) groups excluding carboxylic acids is 2. The predicted molar refractivity (Wildman–Crippen MR) is 81.4 cm³/mol. The first-order valence-electron chi connectivity index (χ1n) is 6.31. The van der Waals surface area contributed by atoms with Crippen molar-refractivity contribution < 1.29 is 9.59 Å². The van der Waals surface area contributed by atoms with E-state index in [1.807, 2.05) is 0 Å². The van der Waals surface area contributed by atoms with Crippen molar-refractivity contribution in [1.29, 1.82) is 0 Å². The van der Waals surface area contributed by atoms with E-state index in [4.69, 9.17) is 11.6 Å². The maximum absolute atomic E-state index is 12.0. The van der Waals surface area contributed by atoms with Gasteiger partial charge >= 0.3 is 0 Å². The number of hydrogen-bond acceptors (Lipinski definition) is 3. The molecule has 1 aromatic carbocycles. The lowest BCUT2D eigenvalue weighted by Crippen LogP contribution is -2.19. The van der Waals surface area contributed by atoms with Crippen LogP contribution in [0.2, 0.25) is 5.15 Å². The van der Waals surface area contributed by atoms with Crippen LogP contribution in [0.5, 0.6) is 0 Å². The third-order valence-electron chi connectivity index (χ3n) is 2.86. The molecule has 0 bridgehead atoms. The summed E-state index contributed by atoms with van der Waals surface area (Å²) in [6, 6.07) is 10.3. The van der Waals surface area contributed by atoms with Gasteiger partial charge in [-0.15, -0.1) is 0 Å². The second kappa shape index (κ2) is 6.85. The van der Waals surface area contributed by atoms with E-state index in [2.05, 4.69) is 15.6 Å². The fourth-order valence-electron chi connectivity index (χ4n) is 1.73. The average molecular weight is 304 g/mol. The minimum absolute atomic E-state index is 0.0612. The molecule has 0 fully saturated rings. The van der Waals surface area contributed by atoms with Gasteiger partial charge in [0.05, 0.1) is 12.0 Å². The summed E-state index contributed by atoms with van der Waals surface area (Å²) < 4.78 is 0. The van der Waals surface area contributed by atoms with E-state index >= 15 is 0 Å². The van der Waals surface area contributed by atoms with Crippen molar-refractivity contribution in [2.75, 3.05) is 12.4 Å². The first-order valence-corrected chi connectivity index (χ1v) is 6.69.